The van der Waals surface area contributed by atoms with E-state index < -0.39 is 0 Å². The highest BCUT2D eigenvalue weighted by Crippen LogP contribution is 2.15. The highest BCUT2D eigenvalue weighted by atomic mass is 16.1. The highest BCUT2D eigenvalue weighted by molar-refractivity contribution is 5.80. The SMILES string of the molecule is CCC(=O)CN1CCC(C(N)=O)C1. The van der Waals surface area contributed by atoms with E-state index in [1.807, 2.05) is 11.8 Å². The molecule has 0 aromatic heterocycles. The second kappa shape index (κ2) is 4.37. The van der Waals surface area contributed by atoms with E-state index >= 15 is 0 Å². The molecule has 0 aromatic rings. The van der Waals surface area contributed by atoms with Crippen LogP contribution in [-0.4, -0.2) is 36.2 Å². The lowest BCUT2D eigenvalue weighted by atomic mass is 10.1. The Kier molecular flexibility index (Phi) is 3.42. The van der Waals surface area contributed by atoms with Gasteiger partial charge >= 0.3 is 0 Å². The number of hydrogen-bond acceptors (Lipinski definition) is 3. The molecule has 0 aliphatic carbocycles. The molecule has 1 heterocycles. The highest BCUT2D eigenvalue weighted by Gasteiger charge is 2.26. The van der Waals surface area contributed by atoms with Gasteiger partial charge in [-0.15, -0.1) is 0 Å². The van der Waals surface area contributed by atoms with Crippen LogP contribution in [-0.2, 0) is 9.59 Å². The molecule has 1 aliphatic rings. The minimum absolute atomic E-state index is 0.0512. The lowest BCUT2D eigenvalue weighted by Crippen LogP contribution is -2.30. The number of Topliss-reactive ketones (excluding diaryl/α,β-unsaturated/α-hetero) is 1. The average Bonchev–Trinajstić information content (AvgIpc) is 2.52. The predicted molar refractivity (Wildman–Crippen MR) is 49.0 cm³/mol. The van der Waals surface area contributed by atoms with Gasteiger partial charge in [0.05, 0.1) is 12.5 Å². The summed E-state index contributed by atoms with van der Waals surface area (Å²) in [6, 6.07) is 0. The molecule has 0 radical (unpaired) electrons. The number of primary amides is 1. The van der Waals surface area contributed by atoms with E-state index in [0.717, 1.165) is 13.0 Å². The summed E-state index contributed by atoms with van der Waals surface area (Å²) in [6.07, 6.45) is 1.37. The van der Waals surface area contributed by atoms with E-state index in [0.29, 0.717) is 19.5 Å². The number of nitrogens with zero attached hydrogens (tertiary/aromatic N) is 1. The summed E-state index contributed by atoms with van der Waals surface area (Å²) >= 11 is 0. The molecule has 1 saturated heterocycles. The van der Waals surface area contributed by atoms with Crippen LogP contribution < -0.4 is 5.73 Å². The van der Waals surface area contributed by atoms with Crippen LogP contribution in [0.25, 0.3) is 0 Å². The van der Waals surface area contributed by atoms with Crippen LogP contribution in [0.2, 0.25) is 0 Å². The van der Waals surface area contributed by atoms with Crippen molar-refractivity contribution in [2.24, 2.45) is 11.7 Å². The van der Waals surface area contributed by atoms with Crippen LogP contribution in [0.5, 0.6) is 0 Å². The van der Waals surface area contributed by atoms with Gasteiger partial charge in [-0.25, -0.2) is 0 Å². The molecule has 0 bridgehead atoms. The quantitative estimate of drug-likeness (QED) is 0.656. The predicted octanol–water partition coefficient (Wildman–Crippen LogP) is -0.227. The van der Waals surface area contributed by atoms with Crippen LogP contribution in [0.15, 0.2) is 0 Å². The maximum Gasteiger partial charge on any atom is 0.221 e. The normalized spacial score (nSPS) is 23.3. The fourth-order valence-electron chi connectivity index (χ4n) is 1.57. The van der Waals surface area contributed by atoms with Gasteiger partial charge in [0, 0.05) is 13.0 Å². The monoisotopic (exact) mass is 184 g/mol. The molecule has 4 nitrogen and oxygen atoms in total. The molecule has 1 atom stereocenters. The number of hydrogen-bond donors (Lipinski definition) is 1. The van der Waals surface area contributed by atoms with Crippen LogP contribution in [0.1, 0.15) is 19.8 Å². The Morgan fingerprint density at radius 3 is 2.69 bits per heavy atom. The lowest BCUT2D eigenvalue weighted by molar-refractivity contribution is -0.122. The molecule has 1 unspecified atom stereocenters. The van der Waals surface area contributed by atoms with E-state index in [4.69, 9.17) is 5.73 Å². The summed E-state index contributed by atoms with van der Waals surface area (Å²) < 4.78 is 0. The fourth-order valence-corrected chi connectivity index (χ4v) is 1.57. The van der Waals surface area contributed by atoms with Gasteiger partial charge in [-0.05, 0) is 13.0 Å². The van der Waals surface area contributed by atoms with Gasteiger partial charge in [-0.2, -0.15) is 0 Å². The number of carbonyl (C=O) groups excluding carboxylic acids is 2. The smallest absolute Gasteiger partial charge is 0.221 e. The summed E-state index contributed by atoms with van der Waals surface area (Å²) in [5.41, 5.74) is 5.17. The number of nitrogens with two attached hydrogens (primary N) is 1. The van der Waals surface area contributed by atoms with E-state index in [2.05, 4.69) is 0 Å². The van der Waals surface area contributed by atoms with Crippen LogP contribution in [0.3, 0.4) is 0 Å². The van der Waals surface area contributed by atoms with Gasteiger partial charge in [-0.3, -0.25) is 14.5 Å². The fraction of sp³-hybridized carbons (Fsp3) is 0.778. The third-order valence-electron chi connectivity index (χ3n) is 2.47. The minimum atomic E-state index is -0.244. The Balaban J connectivity index is 2.33. The second-order valence-corrected chi connectivity index (χ2v) is 3.52. The molecular formula is C9H16N2O2. The maximum absolute atomic E-state index is 11.1. The van der Waals surface area contributed by atoms with Crippen LogP contribution >= 0.6 is 0 Å². The molecule has 2 N–H and O–H groups in total. The number of amides is 1. The average molecular weight is 184 g/mol. The van der Waals surface area contributed by atoms with Crippen molar-refractivity contribution < 1.29 is 9.59 Å². The summed E-state index contributed by atoms with van der Waals surface area (Å²) in [6.45, 7) is 3.80. The first-order chi connectivity index (χ1) is 6.13. The molecule has 0 spiro atoms. The van der Waals surface area contributed by atoms with Gasteiger partial charge in [-0.1, -0.05) is 6.92 Å². The first-order valence-corrected chi connectivity index (χ1v) is 4.66. The molecule has 1 aliphatic heterocycles. The number of carbonyl (C=O) groups is 2. The Labute approximate surface area is 78.1 Å². The van der Waals surface area contributed by atoms with Crippen molar-refractivity contribution in [3.63, 3.8) is 0 Å². The first-order valence-electron chi connectivity index (χ1n) is 4.66. The van der Waals surface area contributed by atoms with Gasteiger partial charge in [0.25, 0.3) is 0 Å². The number of rotatable bonds is 4. The van der Waals surface area contributed by atoms with Gasteiger partial charge in [0.2, 0.25) is 5.91 Å². The standard InChI is InChI=1S/C9H16N2O2/c1-2-8(12)6-11-4-3-7(5-11)9(10)13/h7H,2-6H2,1H3,(H2,10,13). The molecule has 1 amide bonds. The van der Waals surface area contributed by atoms with E-state index in [-0.39, 0.29) is 17.6 Å². The van der Waals surface area contributed by atoms with Crippen molar-refractivity contribution in [1.29, 1.82) is 0 Å². The summed E-state index contributed by atoms with van der Waals surface area (Å²) in [5.74, 6) is -0.0683. The second-order valence-electron chi connectivity index (χ2n) is 3.52. The van der Waals surface area contributed by atoms with Crippen molar-refractivity contribution in [2.45, 2.75) is 19.8 Å². The number of ketones is 1. The maximum atomic E-state index is 11.1. The van der Waals surface area contributed by atoms with Crippen molar-refractivity contribution in [1.82, 2.24) is 4.90 Å². The van der Waals surface area contributed by atoms with Crippen molar-refractivity contribution in [2.75, 3.05) is 19.6 Å². The van der Waals surface area contributed by atoms with E-state index in [1.54, 1.807) is 0 Å². The summed E-state index contributed by atoms with van der Waals surface area (Å²) in [4.78, 5) is 23.9. The molecule has 74 valence electrons. The molecule has 13 heavy (non-hydrogen) atoms. The molecular weight excluding hydrogens is 168 g/mol. The third-order valence-corrected chi connectivity index (χ3v) is 2.47. The molecule has 1 fully saturated rings. The van der Waals surface area contributed by atoms with E-state index in [9.17, 15) is 9.59 Å². The summed E-state index contributed by atoms with van der Waals surface area (Å²) in [5, 5.41) is 0. The topological polar surface area (TPSA) is 63.4 Å². The van der Waals surface area contributed by atoms with Gasteiger partial charge in [0.15, 0.2) is 0 Å². The van der Waals surface area contributed by atoms with Crippen molar-refractivity contribution >= 4 is 11.7 Å². The first kappa shape index (κ1) is 10.2. The minimum Gasteiger partial charge on any atom is -0.369 e. The lowest BCUT2D eigenvalue weighted by Gasteiger charge is -2.13. The molecule has 0 aromatic carbocycles. The Hall–Kier alpha value is -0.900. The molecule has 0 saturated carbocycles. The third kappa shape index (κ3) is 2.81. The zero-order chi connectivity index (χ0) is 9.84. The molecule has 4 heteroatoms. The van der Waals surface area contributed by atoms with Gasteiger partial charge < -0.3 is 5.73 Å². The van der Waals surface area contributed by atoms with Crippen molar-refractivity contribution in [3.8, 4) is 0 Å². The van der Waals surface area contributed by atoms with Crippen molar-refractivity contribution in [3.05, 3.63) is 0 Å². The van der Waals surface area contributed by atoms with Gasteiger partial charge in [0.1, 0.15) is 5.78 Å². The Morgan fingerprint density at radius 1 is 1.54 bits per heavy atom. The van der Waals surface area contributed by atoms with E-state index in [1.165, 1.54) is 0 Å². The Bertz CT molecular complexity index is 216. The van der Waals surface area contributed by atoms with Crippen LogP contribution in [0.4, 0.5) is 0 Å². The zero-order valence-electron chi connectivity index (χ0n) is 7.95. The summed E-state index contributed by atoms with van der Waals surface area (Å²) in [7, 11) is 0. The zero-order valence-corrected chi connectivity index (χ0v) is 7.95. The number of likely N-dealkylation sites (tertiary alicyclic amines) is 1. The van der Waals surface area contributed by atoms with Crippen LogP contribution in [0, 0.1) is 5.92 Å². The molecule has 1 rings (SSSR count). The largest absolute Gasteiger partial charge is 0.369 e. The Morgan fingerprint density at radius 2 is 2.23 bits per heavy atom.